The maximum absolute atomic E-state index is 10.7. The molecule has 0 spiro atoms. The SMILES string of the molecule is NCCNCC(CNCCN)C(=O)O.[Cu+].[O-][Cl+3]([O-])([O-])[O-]. The standard InChI is InChI=1S/C8H20N4O2.ClHO4.Cu/c9-1-3-11-5-7(8(13)14)6-12-4-2-10;2-1(3,4)5;/h7,11-12H,1-6,9-10H2,(H,13,14);(H,2,3,4,5);/q;;+1/p-1. The van der Waals surface area contributed by atoms with E-state index < -0.39 is 22.1 Å². The van der Waals surface area contributed by atoms with Crippen molar-refractivity contribution in [2.24, 2.45) is 17.4 Å². The number of hydrogen-bond donors (Lipinski definition) is 5. The number of rotatable bonds is 9. The predicted molar refractivity (Wildman–Crippen MR) is 55.0 cm³/mol. The van der Waals surface area contributed by atoms with Gasteiger partial charge in [0.2, 0.25) is 0 Å². The molecule has 0 atom stereocenters. The summed E-state index contributed by atoms with van der Waals surface area (Å²) < 4.78 is 34.0. The van der Waals surface area contributed by atoms with Gasteiger partial charge < -0.3 is 27.2 Å². The average molecular weight is 367 g/mol. The Morgan fingerprint density at radius 1 is 1.05 bits per heavy atom. The van der Waals surface area contributed by atoms with Gasteiger partial charge in [0.15, 0.2) is 0 Å². The van der Waals surface area contributed by atoms with Gasteiger partial charge in [0.1, 0.15) is 0 Å². The number of nitrogens with two attached hydrogens (primary N) is 2. The van der Waals surface area contributed by atoms with Crippen molar-refractivity contribution in [3.8, 4) is 0 Å². The van der Waals surface area contributed by atoms with Gasteiger partial charge in [-0.25, -0.2) is 18.6 Å². The Kier molecular flexibility index (Phi) is 19.1. The third kappa shape index (κ3) is 26.5. The molecule has 0 bridgehead atoms. The first-order chi connectivity index (χ1) is 8.72. The van der Waals surface area contributed by atoms with Crippen LogP contribution in [0.25, 0.3) is 0 Å². The number of hydrogen-bond acceptors (Lipinski definition) is 9. The summed E-state index contributed by atoms with van der Waals surface area (Å²) in [7, 11) is -4.94. The van der Waals surface area contributed by atoms with Crippen molar-refractivity contribution in [2.75, 3.05) is 39.3 Å². The van der Waals surface area contributed by atoms with Crippen molar-refractivity contribution < 1.29 is 55.8 Å². The van der Waals surface area contributed by atoms with Crippen LogP contribution < -0.4 is 40.7 Å². The normalized spacial score (nSPS) is 10.6. The van der Waals surface area contributed by atoms with Crippen molar-refractivity contribution >= 4 is 5.97 Å². The molecule has 126 valence electrons. The van der Waals surface area contributed by atoms with Crippen LogP contribution in [0.15, 0.2) is 0 Å². The van der Waals surface area contributed by atoms with Gasteiger partial charge in [0, 0.05) is 39.3 Å². The number of carboxylic acid groups (broad SMARTS) is 1. The minimum Gasteiger partial charge on any atom is -0.481 e. The Morgan fingerprint density at radius 2 is 1.35 bits per heavy atom. The van der Waals surface area contributed by atoms with Crippen molar-refractivity contribution in [1.82, 2.24) is 10.6 Å². The molecule has 0 saturated heterocycles. The second kappa shape index (κ2) is 15.4. The topological polar surface area (TPSA) is 206 Å². The molecule has 0 fully saturated rings. The van der Waals surface area contributed by atoms with E-state index in [1.165, 1.54) is 0 Å². The molecule has 0 aromatic rings. The van der Waals surface area contributed by atoms with Crippen LogP contribution in [0.1, 0.15) is 0 Å². The van der Waals surface area contributed by atoms with E-state index in [0.717, 1.165) is 0 Å². The van der Waals surface area contributed by atoms with Gasteiger partial charge in [-0.3, -0.25) is 4.79 Å². The van der Waals surface area contributed by atoms with E-state index in [0.29, 0.717) is 39.3 Å². The number of carbonyl (C=O) groups is 1. The molecule has 0 aliphatic carbocycles. The van der Waals surface area contributed by atoms with E-state index in [1.54, 1.807) is 0 Å². The van der Waals surface area contributed by atoms with Crippen molar-refractivity contribution in [3.05, 3.63) is 0 Å². The number of halogens is 1. The van der Waals surface area contributed by atoms with E-state index >= 15 is 0 Å². The molecule has 0 saturated carbocycles. The molecule has 0 aliphatic heterocycles. The Balaban J connectivity index is -0.000000414. The fourth-order valence-corrected chi connectivity index (χ4v) is 1.00. The summed E-state index contributed by atoms with van der Waals surface area (Å²) in [6.07, 6.45) is 0. The van der Waals surface area contributed by atoms with Crippen LogP contribution in [0.2, 0.25) is 0 Å². The largest absolute Gasteiger partial charge is 1.00 e. The third-order valence-electron chi connectivity index (χ3n) is 1.77. The van der Waals surface area contributed by atoms with E-state index in [1.807, 2.05) is 0 Å². The van der Waals surface area contributed by atoms with Crippen LogP contribution in [-0.4, -0.2) is 50.3 Å². The van der Waals surface area contributed by atoms with Gasteiger partial charge in [-0.2, -0.15) is 0 Å². The smallest absolute Gasteiger partial charge is 0.481 e. The molecular weight excluding hydrogens is 347 g/mol. The molecule has 0 amide bonds. The Hall–Kier alpha value is -0.0405. The maximum atomic E-state index is 10.7. The molecule has 10 nitrogen and oxygen atoms in total. The summed E-state index contributed by atoms with van der Waals surface area (Å²) >= 11 is 0. The Bertz CT molecular complexity index is 218. The molecule has 0 rings (SSSR count). The Labute approximate surface area is 129 Å². The van der Waals surface area contributed by atoms with Gasteiger partial charge in [0.05, 0.1) is 5.92 Å². The summed E-state index contributed by atoms with van der Waals surface area (Å²) in [6.45, 7) is 3.18. The summed E-state index contributed by atoms with van der Waals surface area (Å²) in [5, 5.41) is 14.8. The minimum atomic E-state index is -4.94. The van der Waals surface area contributed by atoms with Crippen LogP contribution in [0.5, 0.6) is 0 Å². The molecule has 0 aromatic heterocycles. The van der Waals surface area contributed by atoms with Gasteiger partial charge in [-0.1, -0.05) is 0 Å². The van der Waals surface area contributed by atoms with Crippen LogP contribution >= 0.6 is 0 Å². The summed E-state index contributed by atoms with van der Waals surface area (Å²) in [4.78, 5) is 10.7. The number of nitrogens with one attached hydrogen (secondary N) is 2. The van der Waals surface area contributed by atoms with E-state index in [-0.39, 0.29) is 17.1 Å². The van der Waals surface area contributed by atoms with Crippen LogP contribution in [0.3, 0.4) is 0 Å². The molecule has 0 aromatic carbocycles. The molecule has 7 N–H and O–H groups in total. The number of carboxylic acids is 1. The summed E-state index contributed by atoms with van der Waals surface area (Å²) in [5.74, 6) is -1.23. The summed E-state index contributed by atoms with van der Waals surface area (Å²) in [6, 6.07) is 0. The zero-order valence-corrected chi connectivity index (χ0v) is 12.3. The molecule has 0 unspecified atom stereocenters. The minimum absolute atomic E-state index is 0. The fraction of sp³-hybridized carbons (Fsp3) is 0.875. The van der Waals surface area contributed by atoms with Gasteiger partial charge in [0.25, 0.3) is 0 Å². The van der Waals surface area contributed by atoms with E-state index in [4.69, 9.17) is 35.2 Å². The first kappa shape index (κ1) is 24.9. The third-order valence-corrected chi connectivity index (χ3v) is 1.77. The Morgan fingerprint density at radius 3 is 1.55 bits per heavy atom. The van der Waals surface area contributed by atoms with Gasteiger partial charge in [-0.05, 0) is 0 Å². The van der Waals surface area contributed by atoms with Gasteiger partial charge in [-0.15, -0.1) is 10.2 Å². The maximum Gasteiger partial charge on any atom is 1.00 e. The molecule has 20 heavy (non-hydrogen) atoms. The quantitative estimate of drug-likeness (QED) is 0.192. The van der Waals surface area contributed by atoms with Gasteiger partial charge >= 0.3 is 23.0 Å². The van der Waals surface area contributed by atoms with Crippen molar-refractivity contribution in [3.63, 3.8) is 0 Å². The molecule has 0 aliphatic rings. The van der Waals surface area contributed by atoms with Crippen LogP contribution in [0, 0.1) is 16.2 Å². The first-order valence-electron chi connectivity index (χ1n) is 5.38. The monoisotopic (exact) mass is 366 g/mol. The molecule has 0 radical (unpaired) electrons. The molecular formula is C8H20ClCuN4O6. The van der Waals surface area contributed by atoms with Crippen LogP contribution in [0.4, 0.5) is 0 Å². The van der Waals surface area contributed by atoms with Crippen molar-refractivity contribution in [2.45, 2.75) is 0 Å². The second-order valence-electron chi connectivity index (χ2n) is 3.40. The first-order valence-corrected chi connectivity index (χ1v) is 6.62. The zero-order valence-electron chi connectivity index (χ0n) is 10.6. The zero-order chi connectivity index (χ0) is 15.3. The van der Waals surface area contributed by atoms with Crippen molar-refractivity contribution in [1.29, 1.82) is 0 Å². The second-order valence-corrected chi connectivity index (χ2v) is 4.15. The molecule has 0 heterocycles. The van der Waals surface area contributed by atoms with E-state index in [2.05, 4.69) is 10.6 Å². The molecule has 12 heteroatoms. The van der Waals surface area contributed by atoms with E-state index in [9.17, 15) is 4.79 Å². The fourth-order valence-electron chi connectivity index (χ4n) is 1.00. The van der Waals surface area contributed by atoms with Crippen LogP contribution in [-0.2, 0) is 21.9 Å². The summed E-state index contributed by atoms with van der Waals surface area (Å²) in [5.41, 5.74) is 10.5. The number of aliphatic carboxylic acids is 1. The predicted octanol–water partition coefficient (Wildman–Crippen LogP) is -6.97. The average Bonchev–Trinajstić information content (AvgIpc) is 2.25.